The van der Waals surface area contributed by atoms with Crippen molar-refractivity contribution in [1.29, 1.82) is 0 Å². The topological polar surface area (TPSA) is 58.5 Å². The predicted molar refractivity (Wildman–Crippen MR) is 152 cm³/mol. The molecular weight excluding hydrogens is 392 g/mol. The molecule has 0 atom stereocenters. The van der Waals surface area contributed by atoms with Crippen molar-refractivity contribution < 1.29 is 0 Å². The first-order valence-corrected chi connectivity index (χ1v) is 12.0. The Labute approximate surface area is 206 Å². The summed E-state index contributed by atoms with van der Waals surface area (Å²) < 4.78 is 0. The maximum atomic E-state index is 5.78. The van der Waals surface area contributed by atoms with E-state index in [1.807, 2.05) is 0 Å². The van der Waals surface area contributed by atoms with Crippen LogP contribution in [-0.2, 0) is 0 Å². The van der Waals surface area contributed by atoms with Crippen molar-refractivity contribution in [3.05, 3.63) is 0 Å². The van der Waals surface area contributed by atoms with Crippen LogP contribution in [0.1, 0.15) is 121 Å². The first-order chi connectivity index (χ1) is 13.2. The quantitative estimate of drug-likeness (QED) is 0.465. The van der Waals surface area contributed by atoms with Crippen LogP contribution in [0.15, 0.2) is 0 Å². The molecule has 3 aliphatic carbocycles. The summed E-state index contributed by atoms with van der Waals surface area (Å²) in [7, 11) is 8.70. The lowest BCUT2D eigenvalue weighted by Gasteiger charge is -2.30. The van der Waals surface area contributed by atoms with Crippen LogP contribution < -0.4 is 11.5 Å². The summed E-state index contributed by atoms with van der Waals surface area (Å²) in [5.74, 6) is 1.92. The molecule has 0 aliphatic heterocycles. The van der Waals surface area contributed by atoms with E-state index in [1.54, 1.807) is 0 Å². The van der Waals surface area contributed by atoms with Crippen LogP contribution in [0.3, 0.4) is 0 Å². The molecule has 4 N–H and O–H groups in total. The van der Waals surface area contributed by atoms with Gasteiger partial charge in [0.05, 0.1) is 0 Å². The first-order valence-electron chi connectivity index (χ1n) is 12.0. The summed E-state index contributed by atoms with van der Waals surface area (Å²) in [6.07, 6.45) is 15.9. The van der Waals surface area contributed by atoms with E-state index in [4.69, 9.17) is 11.5 Å². The molecule has 200 valence electrons. The fourth-order valence-corrected chi connectivity index (χ4v) is 4.66. The zero-order valence-corrected chi connectivity index (χ0v) is 20.0. The van der Waals surface area contributed by atoms with Crippen molar-refractivity contribution >= 4 is 0 Å². The van der Waals surface area contributed by atoms with Gasteiger partial charge in [0.25, 0.3) is 0 Å². The van der Waals surface area contributed by atoms with Gasteiger partial charge in [-0.2, -0.15) is 0 Å². The van der Waals surface area contributed by atoms with Crippen LogP contribution in [0.2, 0.25) is 0 Å². The minimum absolute atomic E-state index is 0. The van der Waals surface area contributed by atoms with Gasteiger partial charge in [-0.3, -0.25) is 0 Å². The molecule has 0 radical (unpaired) electrons. The highest BCUT2D eigenvalue weighted by molar-refractivity contribution is 4.78. The third kappa shape index (κ3) is 17.3. The van der Waals surface area contributed by atoms with Crippen LogP contribution in [0.5, 0.6) is 0 Å². The first kappa shape index (κ1) is 39.1. The molecule has 4 nitrogen and oxygen atoms in total. The van der Waals surface area contributed by atoms with E-state index in [2.05, 4.69) is 51.8 Å². The number of nitrogens with zero attached hydrogens (tertiary/aromatic N) is 2. The summed E-state index contributed by atoms with van der Waals surface area (Å²) in [6.45, 7) is 4.68. The molecule has 32 heavy (non-hydrogen) atoms. The predicted octanol–water partition coefficient (Wildman–Crippen LogP) is 7.01. The van der Waals surface area contributed by atoms with Gasteiger partial charge in [-0.15, -0.1) is 0 Å². The van der Waals surface area contributed by atoms with E-state index in [0.717, 1.165) is 23.9 Å². The van der Waals surface area contributed by atoms with Crippen molar-refractivity contribution in [1.82, 2.24) is 9.80 Å². The van der Waals surface area contributed by atoms with Crippen LogP contribution in [0.25, 0.3) is 0 Å². The SMILES string of the molecule is C.C.C.C.CC1CCC(N(C)C)CC1.CC1CCC(N)CC1.CN(C)C1CCC(N)CC1. The Balaban J connectivity index is -0.000000174. The van der Waals surface area contributed by atoms with Crippen molar-refractivity contribution in [2.75, 3.05) is 28.2 Å². The molecule has 3 fully saturated rings. The monoisotopic (exact) mass is 461 g/mol. The fourth-order valence-electron chi connectivity index (χ4n) is 4.66. The van der Waals surface area contributed by atoms with Gasteiger partial charge in [0.2, 0.25) is 0 Å². The Kier molecular flexibility index (Phi) is 26.1. The number of nitrogens with two attached hydrogens (primary N) is 2. The Bertz CT molecular complexity index is 326. The maximum absolute atomic E-state index is 5.78. The highest BCUT2D eigenvalue weighted by Crippen LogP contribution is 2.25. The van der Waals surface area contributed by atoms with Crippen LogP contribution in [0.4, 0.5) is 0 Å². The van der Waals surface area contributed by atoms with Gasteiger partial charge in [0, 0.05) is 24.2 Å². The molecular formula is C28H68N4. The fraction of sp³-hybridized carbons (Fsp3) is 1.00. The Morgan fingerprint density at radius 3 is 0.906 bits per heavy atom. The van der Waals surface area contributed by atoms with E-state index < -0.39 is 0 Å². The van der Waals surface area contributed by atoms with Crippen molar-refractivity contribution in [3.8, 4) is 0 Å². The summed E-state index contributed by atoms with van der Waals surface area (Å²) in [6, 6.07) is 2.67. The van der Waals surface area contributed by atoms with E-state index >= 15 is 0 Å². The van der Waals surface area contributed by atoms with Crippen molar-refractivity contribution in [3.63, 3.8) is 0 Å². The van der Waals surface area contributed by atoms with Gasteiger partial charge in [-0.05, 0) is 117 Å². The van der Waals surface area contributed by atoms with E-state index in [-0.39, 0.29) is 29.7 Å². The van der Waals surface area contributed by atoms with Gasteiger partial charge >= 0.3 is 0 Å². The van der Waals surface area contributed by atoms with Gasteiger partial charge in [0.15, 0.2) is 0 Å². The minimum Gasteiger partial charge on any atom is -0.328 e. The van der Waals surface area contributed by atoms with Gasteiger partial charge in [0.1, 0.15) is 0 Å². The largest absolute Gasteiger partial charge is 0.328 e. The van der Waals surface area contributed by atoms with Crippen molar-refractivity contribution in [2.45, 2.75) is 145 Å². The third-order valence-corrected chi connectivity index (χ3v) is 7.25. The molecule has 0 unspecified atom stereocenters. The molecule has 0 aromatic carbocycles. The zero-order chi connectivity index (χ0) is 21.1. The Hall–Kier alpha value is -0.160. The lowest BCUT2D eigenvalue weighted by Crippen LogP contribution is -2.36. The molecule has 3 rings (SSSR count). The zero-order valence-electron chi connectivity index (χ0n) is 20.0. The lowest BCUT2D eigenvalue weighted by atomic mass is 9.87. The number of hydrogen-bond donors (Lipinski definition) is 2. The second-order valence-corrected chi connectivity index (χ2v) is 10.4. The number of hydrogen-bond acceptors (Lipinski definition) is 4. The average molecular weight is 461 g/mol. The molecule has 3 saturated carbocycles. The molecule has 0 saturated heterocycles. The van der Waals surface area contributed by atoms with Gasteiger partial charge in [-0.1, -0.05) is 43.6 Å². The number of rotatable bonds is 2. The molecule has 0 spiro atoms. The average Bonchev–Trinajstić information content (AvgIpc) is 2.66. The van der Waals surface area contributed by atoms with Crippen LogP contribution in [0, 0.1) is 11.8 Å². The molecule has 0 aromatic heterocycles. The van der Waals surface area contributed by atoms with E-state index in [9.17, 15) is 0 Å². The summed E-state index contributed by atoms with van der Waals surface area (Å²) in [4.78, 5) is 4.68. The Morgan fingerprint density at radius 1 is 0.438 bits per heavy atom. The summed E-state index contributed by atoms with van der Waals surface area (Å²) in [5.41, 5.74) is 11.5. The molecule has 0 aromatic rings. The lowest BCUT2D eigenvalue weighted by molar-refractivity contribution is 0.200. The molecule has 4 heteroatoms. The van der Waals surface area contributed by atoms with Gasteiger partial charge in [-0.25, -0.2) is 0 Å². The summed E-state index contributed by atoms with van der Waals surface area (Å²) >= 11 is 0. The van der Waals surface area contributed by atoms with Crippen LogP contribution >= 0.6 is 0 Å². The third-order valence-electron chi connectivity index (χ3n) is 7.25. The minimum atomic E-state index is 0. The molecule has 0 bridgehead atoms. The summed E-state index contributed by atoms with van der Waals surface area (Å²) in [5, 5.41) is 0. The molecule has 0 amide bonds. The maximum Gasteiger partial charge on any atom is 0.00903 e. The highest BCUT2D eigenvalue weighted by atomic mass is 15.1. The standard InChI is InChI=1S/C9H19N.C8H18N2.C7H15N.4CH4/c1-8-4-6-9(7-5-8)10(2)3;1-10(2)8-5-3-7(9)4-6-8;1-6-2-4-7(8)5-3-6;;;;/h8-9H,4-7H2,1-3H3;7-8H,3-6,9H2,1-2H3;6-7H,2-5,8H2,1H3;4*1H4. The van der Waals surface area contributed by atoms with Crippen molar-refractivity contribution in [2.24, 2.45) is 23.3 Å². The van der Waals surface area contributed by atoms with E-state index in [1.165, 1.54) is 77.0 Å². The van der Waals surface area contributed by atoms with Crippen LogP contribution in [-0.4, -0.2) is 62.2 Å². The smallest absolute Gasteiger partial charge is 0.00903 e. The normalized spacial score (nSPS) is 31.7. The Morgan fingerprint density at radius 2 is 0.656 bits per heavy atom. The second kappa shape index (κ2) is 21.4. The molecule has 3 aliphatic rings. The molecule has 0 heterocycles. The second-order valence-electron chi connectivity index (χ2n) is 10.4. The van der Waals surface area contributed by atoms with Gasteiger partial charge < -0.3 is 21.3 Å². The highest BCUT2D eigenvalue weighted by Gasteiger charge is 2.20. The van der Waals surface area contributed by atoms with E-state index in [0.29, 0.717) is 12.1 Å².